The summed E-state index contributed by atoms with van der Waals surface area (Å²) in [7, 11) is -1.99. The molecule has 0 amide bonds. The third-order valence-corrected chi connectivity index (χ3v) is 14.3. The Kier molecular flexibility index (Phi) is 7.38. The van der Waals surface area contributed by atoms with Gasteiger partial charge in [-0.3, -0.25) is 4.79 Å². The van der Waals surface area contributed by atoms with Crippen LogP contribution in [-0.2, 0) is 28.3 Å². The van der Waals surface area contributed by atoms with Crippen molar-refractivity contribution in [1.82, 2.24) is 19.3 Å². The molecule has 0 aliphatic heterocycles. The molecule has 0 saturated heterocycles. The molecular weight excluding hydrogens is 650 g/mol. The Labute approximate surface area is 283 Å². The number of halogens is 1. The molecule has 3 fully saturated rings. The van der Waals surface area contributed by atoms with Gasteiger partial charge in [0.1, 0.15) is 11.6 Å². The molecule has 7 atom stereocenters. The van der Waals surface area contributed by atoms with Gasteiger partial charge in [0.15, 0.2) is 5.16 Å². The molecule has 0 spiro atoms. The summed E-state index contributed by atoms with van der Waals surface area (Å²) in [6.45, 7) is 4.55. The number of rotatable bonds is 6. The van der Waals surface area contributed by atoms with Crippen molar-refractivity contribution < 1.29 is 22.7 Å². The fraction of sp³-hybridized carbons (Fsp3) is 0.472. The molecule has 12 heteroatoms. The molecule has 3 saturated carbocycles. The molecule has 2 aromatic carbocycles. The lowest BCUT2D eigenvalue weighted by Gasteiger charge is -2.59. The Morgan fingerprint density at radius 1 is 1.15 bits per heavy atom. The van der Waals surface area contributed by atoms with Gasteiger partial charge in [-0.1, -0.05) is 31.2 Å². The largest absolute Gasteiger partial charge is 0.393 e. The number of allylic oxidation sites excluding steroid dienone is 1. The van der Waals surface area contributed by atoms with Crippen LogP contribution < -0.4 is 5.14 Å². The summed E-state index contributed by atoms with van der Waals surface area (Å²) in [4.78, 5) is 18.6. The van der Waals surface area contributed by atoms with Crippen molar-refractivity contribution in [2.45, 2.75) is 68.5 Å². The van der Waals surface area contributed by atoms with Crippen LogP contribution in [0.5, 0.6) is 0 Å². The summed E-state index contributed by atoms with van der Waals surface area (Å²) in [5.41, 5.74) is 5.17. The number of aryl methyl sites for hydroxylation is 1. The second-order valence-corrected chi connectivity index (χ2v) is 17.4. The average Bonchev–Trinajstić information content (AvgIpc) is 3.70. The van der Waals surface area contributed by atoms with Crippen LogP contribution in [-0.4, -0.2) is 50.5 Å². The number of thioether (sulfide) groups is 1. The second kappa shape index (κ2) is 11.1. The predicted molar refractivity (Wildman–Crippen MR) is 182 cm³/mol. The smallest absolute Gasteiger partial charge is 0.238 e. The van der Waals surface area contributed by atoms with Crippen molar-refractivity contribution in [1.29, 1.82) is 0 Å². The Hall–Kier alpha value is -3.32. The van der Waals surface area contributed by atoms with Crippen molar-refractivity contribution >= 4 is 44.7 Å². The van der Waals surface area contributed by atoms with Crippen LogP contribution in [0, 0.1) is 40.3 Å². The van der Waals surface area contributed by atoms with E-state index in [0.29, 0.717) is 28.9 Å². The number of aromatic nitrogens is 4. The van der Waals surface area contributed by atoms with E-state index < -0.39 is 16.1 Å². The van der Waals surface area contributed by atoms with Gasteiger partial charge in [-0.15, -0.1) is 0 Å². The summed E-state index contributed by atoms with van der Waals surface area (Å²) < 4.78 is 41.1. The summed E-state index contributed by atoms with van der Waals surface area (Å²) in [6, 6.07) is 11.0. The number of aliphatic hydroxyl groups excluding tert-OH is 1. The molecule has 2 aromatic heterocycles. The number of aliphatic hydroxyl groups is 1. The zero-order valence-corrected chi connectivity index (χ0v) is 28.9. The van der Waals surface area contributed by atoms with Gasteiger partial charge >= 0.3 is 0 Å². The highest BCUT2D eigenvalue weighted by molar-refractivity contribution is 7.99. The van der Waals surface area contributed by atoms with E-state index in [1.54, 1.807) is 18.2 Å². The molecule has 2 heterocycles. The lowest BCUT2D eigenvalue weighted by atomic mass is 9.46. The van der Waals surface area contributed by atoms with Gasteiger partial charge < -0.3 is 9.67 Å². The van der Waals surface area contributed by atoms with E-state index in [4.69, 9.17) is 5.14 Å². The third kappa shape index (κ3) is 4.85. The Balaban J connectivity index is 1.01. The van der Waals surface area contributed by atoms with Gasteiger partial charge in [0, 0.05) is 13.0 Å². The number of imidazole rings is 1. The number of fused-ring (bicyclic) bond motifs is 7. The summed E-state index contributed by atoms with van der Waals surface area (Å²) in [6.07, 6.45) is 8.81. The fourth-order valence-corrected chi connectivity index (χ4v) is 11.7. The number of carbonyl (C=O) groups is 1. The number of ketones is 1. The third-order valence-electron chi connectivity index (χ3n) is 12.4. The zero-order valence-electron chi connectivity index (χ0n) is 27.3. The zero-order chi connectivity index (χ0) is 33.7. The molecule has 48 heavy (non-hydrogen) atoms. The quantitative estimate of drug-likeness (QED) is 0.249. The maximum Gasteiger partial charge on any atom is 0.238 e. The minimum Gasteiger partial charge on any atom is -0.393 e. The van der Waals surface area contributed by atoms with Crippen molar-refractivity contribution in [3.05, 3.63) is 71.3 Å². The molecule has 7 unspecified atom stereocenters. The first-order chi connectivity index (χ1) is 22.8. The van der Waals surface area contributed by atoms with Crippen molar-refractivity contribution in [3.8, 4) is 5.69 Å². The van der Waals surface area contributed by atoms with Crippen molar-refractivity contribution in [2.24, 2.45) is 46.7 Å². The molecule has 4 aliphatic rings. The van der Waals surface area contributed by atoms with E-state index in [2.05, 4.69) is 30.0 Å². The SMILES string of the molecule is Cn1c(SCC(=O)C2CCC3C4CCC5=Cc6c(cnn6-c6ccc(F)cc6)CC5(C)C4C(O)CC23C)nc2cc(S(N)(=O)=O)ccc21. The number of benzene rings is 2. The Morgan fingerprint density at radius 2 is 1.92 bits per heavy atom. The number of nitrogens with two attached hydrogens (primary N) is 1. The van der Waals surface area contributed by atoms with Crippen molar-refractivity contribution in [2.75, 3.05) is 5.75 Å². The first kappa shape index (κ1) is 31.9. The molecular formula is C36H40FN5O4S2. The van der Waals surface area contributed by atoms with Crippen LogP contribution in [0.25, 0.3) is 22.8 Å². The first-order valence-electron chi connectivity index (χ1n) is 16.6. The lowest BCUT2D eigenvalue weighted by Crippen LogP contribution is -2.57. The minimum absolute atomic E-state index is 0.00716. The molecule has 3 N–H and O–H groups in total. The molecule has 8 rings (SSSR count). The van der Waals surface area contributed by atoms with E-state index >= 15 is 0 Å². The summed E-state index contributed by atoms with van der Waals surface area (Å²) in [5, 5.41) is 22.7. The number of carbonyl (C=O) groups excluding carboxylic acids is 1. The highest BCUT2D eigenvalue weighted by Crippen LogP contribution is 2.66. The van der Waals surface area contributed by atoms with Gasteiger partial charge in [-0.05, 0) is 121 Å². The summed E-state index contributed by atoms with van der Waals surface area (Å²) >= 11 is 1.38. The number of hydrogen-bond donors (Lipinski definition) is 2. The van der Waals surface area contributed by atoms with E-state index in [1.165, 1.54) is 41.6 Å². The van der Waals surface area contributed by atoms with E-state index in [1.807, 2.05) is 22.5 Å². The van der Waals surface area contributed by atoms with Crippen LogP contribution in [0.3, 0.4) is 0 Å². The van der Waals surface area contributed by atoms with Gasteiger partial charge in [0.25, 0.3) is 0 Å². The standard InChI is InChI=1S/C36H40FN5O4S2/c1-35-16-20-18-39-42(23-7-5-22(37)6-8-23)30(20)14-21(35)4-10-25-26-11-12-27(36(26,2)17-31(43)33(25)35)32(44)19-47-34-40-28-15-24(48(38,45)46)9-13-29(28)41(34)3/h5-9,13-15,18,25-27,31,33,43H,4,10-12,16-17,19H2,1-3H3,(H2,38,45,46). The summed E-state index contributed by atoms with van der Waals surface area (Å²) in [5.74, 6) is 0.829. The topological polar surface area (TPSA) is 133 Å². The van der Waals surface area contributed by atoms with Gasteiger partial charge in [-0.25, -0.2) is 27.6 Å². The van der Waals surface area contributed by atoms with Crippen LogP contribution in [0.15, 0.2) is 64.3 Å². The van der Waals surface area contributed by atoms with Gasteiger partial charge in [0.2, 0.25) is 10.0 Å². The van der Waals surface area contributed by atoms with Crippen LogP contribution in [0.4, 0.5) is 4.39 Å². The number of nitrogens with zero attached hydrogens (tertiary/aromatic N) is 4. The molecule has 0 bridgehead atoms. The average molecular weight is 690 g/mol. The molecule has 4 aliphatic carbocycles. The van der Waals surface area contributed by atoms with Crippen molar-refractivity contribution in [3.63, 3.8) is 0 Å². The van der Waals surface area contributed by atoms with E-state index in [-0.39, 0.29) is 44.9 Å². The second-order valence-electron chi connectivity index (χ2n) is 14.9. The fourth-order valence-electron chi connectivity index (χ4n) is 10.2. The molecule has 4 aromatic rings. The van der Waals surface area contributed by atoms with Gasteiger partial charge in [-0.2, -0.15) is 5.10 Å². The first-order valence-corrected chi connectivity index (χ1v) is 19.2. The number of hydrogen-bond acceptors (Lipinski definition) is 7. The highest BCUT2D eigenvalue weighted by Gasteiger charge is 2.63. The lowest BCUT2D eigenvalue weighted by molar-refractivity contribution is -0.140. The van der Waals surface area contributed by atoms with E-state index in [0.717, 1.165) is 54.6 Å². The van der Waals surface area contributed by atoms with Gasteiger partial charge in [0.05, 0.1) is 45.4 Å². The van der Waals surface area contributed by atoms with Crippen LogP contribution in [0.1, 0.15) is 57.2 Å². The van der Waals surface area contributed by atoms with Crippen LogP contribution in [0.2, 0.25) is 0 Å². The van der Waals surface area contributed by atoms with E-state index in [9.17, 15) is 22.7 Å². The molecule has 0 radical (unpaired) electrons. The number of Topliss-reactive ketones (excluding diaryl/α,β-unsaturated/α-hetero) is 1. The van der Waals surface area contributed by atoms with Crippen LogP contribution >= 0.6 is 11.8 Å². The predicted octanol–water partition coefficient (Wildman–Crippen LogP) is 5.68. The highest BCUT2D eigenvalue weighted by atomic mass is 32.2. The number of sulfonamides is 1. The normalized spacial score (nSPS) is 31.1. The maximum atomic E-state index is 13.9. The maximum absolute atomic E-state index is 13.9. The monoisotopic (exact) mass is 689 g/mol. The molecule has 9 nitrogen and oxygen atoms in total. The Morgan fingerprint density at radius 3 is 2.67 bits per heavy atom. The number of primary sulfonamides is 1. The minimum atomic E-state index is -3.85. The Bertz CT molecular complexity index is 2110. The molecule has 252 valence electrons.